The summed E-state index contributed by atoms with van der Waals surface area (Å²) in [4.78, 5) is 22.7. The molecule has 92 valence electrons. The van der Waals surface area contributed by atoms with Crippen LogP contribution in [-0.4, -0.2) is 17.0 Å². The number of amides is 1. The molecule has 0 aromatic heterocycles. The first-order chi connectivity index (χ1) is 8.17. The topological polar surface area (TPSA) is 46.2 Å². The highest BCUT2D eigenvalue weighted by atomic mass is 79.9. The van der Waals surface area contributed by atoms with Gasteiger partial charge in [-0.3, -0.25) is 9.59 Å². The molecule has 0 saturated heterocycles. The fraction of sp³-hybridized carbons (Fsp3) is 0.385. The van der Waals surface area contributed by atoms with Crippen molar-refractivity contribution in [3.8, 4) is 0 Å². The molecule has 0 aliphatic rings. The number of carbonyl (C=O) groups is 2. The van der Waals surface area contributed by atoms with Crippen molar-refractivity contribution < 1.29 is 9.59 Å². The normalized spacial score (nSPS) is 10.0. The van der Waals surface area contributed by atoms with E-state index in [2.05, 4.69) is 28.2 Å². The summed E-state index contributed by atoms with van der Waals surface area (Å²) in [5.74, 6) is -0.367. The van der Waals surface area contributed by atoms with E-state index in [1.165, 1.54) is 0 Å². The lowest BCUT2D eigenvalue weighted by Crippen LogP contribution is -2.17. The molecule has 1 rings (SSSR count). The third-order valence-corrected chi connectivity index (χ3v) is 2.94. The summed E-state index contributed by atoms with van der Waals surface area (Å²) in [6.07, 6.45) is 1.86. The van der Waals surface area contributed by atoms with Crippen molar-refractivity contribution in [2.24, 2.45) is 0 Å². The number of carbonyl (C=O) groups excluding carboxylic acids is 2. The Kier molecular flexibility index (Phi) is 5.91. The van der Waals surface area contributed by atoms with E-state index >= 15 is 0 Å². The lowest BCUT2D eigenvalue weighted by Gasteiger charge is -2.09. The molecule has 0 bridgehead atoms. The number of halogens is 1. The summed E-state index contributed by atoms with van der Waals surface area (Å²) < 4.78 is 0. The van der Waals surface area contributed by atoms with Crippen molar-refractivity contribution in [2.45, 2.75) is 26.2 Å². The summed E-state index contributed by atoms with van der Waals surface area (Å²) >= 11 is 3.04. The predicted octanol–water partition coefficient (Wildman–Crippen LogP) is 2.93. The van der Waals surface area contributed by atoms with Crippen LogP contribution in [0, 0.1) is 0 Å². The number of para-hydroxylation sites is 1. The zero-order valence-electron chi connectivity index (χ0n) is 9.83. The van der Waals surface area contributed by atoms with Crippen LogP contribution in [0.2, 0.25) is 0 Å². The average Bonchev–Trinajstić information content (AvgIpc) is 2.31. The van der Waals surface area contributed by atoms with E-state index in [4.69, 9.17) is 0 Å². The predicted molar refractivity (Wildman–Crippen MR) is 72.5 cm³/mol. The van der Waals surface area contributed by atoms with Gasteiger partial charge in [0.2, 0.25) is 5.91 Å². The van der Waals surface area contributed by atoms with Crippen LogP contribution in [0.4, 0.5) is 5.69 Å². The Balaban J connectivity index is 2.67. The molecule has 1 aromatic rings. The summed E-state index contributed by atoms with van der Waals surface area (Å²) in [5.41, 5.74) is 1.91. The first-order valence-electron chi connectivity index (χ1n) is 5.62. The molecule has 0 aliphatic heterocycles. The van der Waals surface area contributed by atoms with Crippen LogP contribution in [-0.2, 0) is 16.0 Å². The second-order valence-corrected chi connectivity index (χ2v) is 4.37. The monoisotopic (exact) mass is 297 g/mol. The Morgan fingerprint density at radius 1 is 1.29 bits per heavy atom. The Hall–Kier alpha value is -1.16. The summed E-state index contributed by atoms with van der Waals surface area (Å²) in [6.45, 7) is 2.09. The maximum Gasteiger partial charge on any atom is 0.231 e. The van der Waals surface area contributed by atoms with E-state index in [1.807, 2.05) is 24.3 Å². The molecule has 17 heavy (non-hydrogen) atoms. The summed E-state index contributed by atoms with van der Waals surface area (Å²) in [7, 11) is 0. The van der Waals surface area contributed by atoms with Gasteiger partial charge in [-0.2, -0.15) is 0 Å². The van der Waals surface area contributed by atoms with E-state index in [0.717, 1.165) is 24.1 Å². The number of benzene rings is 1. The van der Waals surface area contributed by atoms with Crippen LogP contribution in [0.25, 0.3) is 0 Å². The lowest BCUT2D eigenvalue weighted by molar-refractivity contribution is -0.123. The van der Waals surface area contributed by atoms with Crippen LogP contribution in [0.3, 0.4) is 0 Å². The highest BCUT2D eigenvalue weighted by Gasteiger charge is 2.09. The van der Waals surface area contributed by atoms with Gasteiger partial charge in [0.15, 0.2) is 5.78 Å². The number of rotatable bonds is 6. The molecule has 4 heteroatoms. The first-order valence-corrected chi connectivity index (χ1v) is 6.75. The van der Waals surface area contributed by atoms with Crippen molar-refractivity contribution in [2.75, 3.05) is 10.6 Å². The van der Waals surface area contributed by atoms with Gasteiger partial charge in [0.05, 0.1) is 11.8 Å². The zero-order chi connectivity index (χ0) is 12.7. The molecular weight excluding hydrogens is 282 g/mol. The minimum atomic E-state index is -0.252. The molecule has 0 heterocycles. The van der Waals surface area contributed by atoms with Gasteiger partial charge in [0.25, 0.3) is 0 Å². The number of anilines is 1. The van der Waals surface area contributed by atoms with Gasteiger partial charge >= 0.3 is 0 Å². The average molecular weight is 298 g/mol. The molecule has 0 aliphatic carbocycles. The van der Waals surface area contributed by atoms with Gasteiger partial charge in [0.1, 0.15) is 0 Å². The number of nitrogens with one attached hydrogen (secondary N) is 1. The highest BCUT2D eigenvalue weighted by molar-refractivity contribution is 9.09. The highest BCUT2D eigenvalue weighted by Crippen LogP contribution is 2.16. The minimum absolute atomic E-state index is 0.0777. The number of hydrogen-bond acceptors (Lipinski definition) is 2. The van der Waals surface area contributed by atoms with Crippen molar-refractivity contribution in [3.05, 3.63) is 29.8 Å². The molecular formula is C13H16BrNO2. The smallest absolute Gasteiger partial charge is 0.231 e. The molecule has 0 saturated carbocycles. The second kappa shape index (κ2) is 7.22. The molecule has 1 aromatic carbocycles. The Morgan fingerprint density at radius 2 is 2.00 bits per heavy atom. The van der Waals surface area contributed by atoms with Crippen molar-refractivity contribution in [3.63, 3.8) is 0 Å². The largest absolute Gasteiger partial charge is 0.325 e. The molecule has 0 atom stereocenters. The van der Waals surface area contributed by atoms with Gasteiger partial charge in [-0.1, -0.05) is 47.5 Å². The molecule has 0 spiro atoms. The molecule has 1 amide bonds. The second-order valence-electron chi connectivity index (χ2n) is 3.80. The fourth-order valence-corrected chi connectivity index (χ4v) is 1.75. The number of alkyl halides is 1. The summed E-state index contributed by atoms with van der Waals surface area (Å²) in [6, 6.07) is 7.68. The minimum Gasteiger partial charge on any atom is -0.325 e. The Labute approximate surface area is 110 Å². The van der Waals surface area contributed by atoms with Crippen LogP contribution in [0.1, 0.15) is 25.3 Å². The Bertz CT molecular complexity index is 404. The van der Waals surface area contributed by atoms with E-state index in [0.29, 0.717) is 0 Å². The van der Waals surface area contributed by atoms with Crippen LogP contribution in [0.5, 0.6) is 0 Å². The lowest BCUT2D eigenvalue weighted by atomic mass is 10.1. The van der Waals surface area contributed by atoms with Crippen LogP contribution >= 0.6 is 15.9 Å². The maximum absolute atomic E-state index is 11.6. The van der Waals surface area contributed by atoms with E-state index in [9.17, 15) is 9.59 Å². The molecule has 0 unspecified atom stereocenters. The van der Waals surface area contributed by atoms with E-state index in [1.54, 1.807) is 0 Å². The van der Waals surface area contributed by atoms with Gasteiger partial charge in [-0.25, -0.2) is 0 Å². The summed E-state index contributed by atoms with van der Waals surface area (Å²) in [5, 5.41) is 3.00. The first kappa shape index (κ1) is 13.9. The third-order valence-electron chi connectivity index (χ3n) is 2.32. The standard InChI is InChI=1S/C13H16BrNO2/c1-2-5-10-6-3-4-7-12(10)15-13(17)8-11(16)9-14/h3-4,6-7H,2,5,8-9H2,1H3,(H,15,17). The van der Waals surface area contributed by atoms with Crippen LogP contribution < -0.4 is 5.32 Å². The van der Waals surface area contributed by atoms with Crippen LogP contribution in [0.15, 0.2) is 24.3 Å². The number of aryl methyl sites for hydroxylation is 1. The fourth-order valence-electron chi connectivity index (χ4n) is 1.55. The number of Topliss-reactive ketones (excluding diaryl/α,β-unsaturated/α-hetero) is 1. The molecule has 3 nitrogen and oxygen atoms in total. The number of ketones is 1. The third kappa shape index (κ3) is 4.69. The van der Waals surface area contributed by atoms with E-state index in [-0.39, 0.29) is 23.4 Å². The molecule has 1 N–H and O–H groups in total. The van der Waals surface area contributed by atoms with E-state index < -0.39 is 0 Å². The SMILES string of the molecule is CCCc1ccccc1NC(=O)CC(=O)CBr. The van der Waals surface area contributed by atoms with Gasteiger partial charge < -0.3 is 5.32 Å². The van der Waals surface area contributed by atoms with Gasteiger partial charge in [-0.05, 0) is 18.1 Å². The zero-order valence-corrected chi connectivity index (χ0v) is 11.4. The quantitative estimate of drug-likeness (QED) is 0.648. The number of hydrogen-bond donors (Lipinski definition) is 1. The van der Waals surface area contributed by atoms with Crippen molar-refractivity contribution in [1.82, 2.24) is 0 Å². The Morgan fingerprint density at radius 3 is 2.65 bits per heavy atom. The van der Waals surface area contributed by atoms with Gasteiger partial charge in [-0.15, -0.1) is 0 Å². The van der Waals surface area contributed by atoms with Crippen molar-refractivity contribution in [1.29, 1.82) is 0 Å². The molecule has 0 fully saturated rings. The molecule has 0 radical (unpaired) electrons. The van der Waals surface area contributed by atoms with Crippen molar-refractivity contribution >= 4 is 33.3 Å². The maximum atomic E-state index is 11.6. The van der Waals surface area contributed by atoms with Gasteiger partial charge in [0, 0.05) is 5.69 Å².